The minimum atomic E-state index is 0.206. The van der Waals surface area contributed by atoms with Crippen molar-refractivity contribution in [2.75, 3.05) is 0 Å². The maximum atomic E-state index is 12.4. The number of carbonyl (C=O) groups is 1. The fourth-order valence-corrected chi connectivity index (χ4v) is 5.98. The van der Waals surface area contributed by atoms with Crippen LogP contribution >= 0.6 is 0 Å². The number of aromatic nitrogens is 1. The Labute approximate surface area is 139 Å². The SMILES string of the molecule is C[C@@H](NC(=O)CCc1cccnc1)C12CC3CC(CC(C3)C1)C2. The number of rotatable bonds is 5. The Morgan fingerprint density at radius 2 is 1.91 bits per heavy atom. The lowest BCUT2D eigenvalue weighted by atomic mass is 9.48. The van der Waals surface area contributed by atoms with E-state index in [-0.39, 0.29) is 5.91 Å². The van der Waals surface area contributed by atoms with Gasteiger partial charge in [-0.2, -0.15) is 0 Å². The zero-order chi connectivity index (χ0) is 15.9. The third-order valence-corrected chi connectivity index (χ3v) is 6.75. The van der Waals surface area contributed by atoms with E-state index < -0.39 is 0 Å². The van der Waals surface area contributed by atoms with E-state index >= 15 is 0 Å². The molecular weight excluding hydrogens is 284 g/mol. The summed E-state index contributed by atoms with van der Waals surface area (Å²) in [5.41, 5.74) is 1.55. The molecule has 3 nitrogen and oxygen atoms in total. The molecule has 0 aliphatic heterocycles. The van der Waals surface area contributed by atoms with E-state index in [9.17, 15) is 4.79 Å². The molecule has 5 rings (SSSR count). The minimum Gasteiger partial charge on any atom is -0.353 e. The second-order valence-corrected chi connectivity index (χ2v) is 8.43. The van der Waals surface area contributed by atoms with Gasteiger partial charge < -0.3 is 5.32 Å². The second-order valence-electron chi connectivity index (χ2n) is 8.43. The van der Waals surface area contributed by atoms with Crippen LogP contribution in [0.1, 0.15) is 57.4 Å². The molecule has 1 atom stereocenters. The summed E-state index contributed by atoms with van der Waals surface area (Å²) in [6.07, 6.45) is 13.4. The van der Waals surface area contributed by atoms with E-state index in [1.807, 2.05) is 18.3 Å². The summed E-state index contributed by atoms with van der Waals surface area (Å²) in [6.45, 7) is 2.26. The van der Waals surface area contributed by atoms with Crippen LogP contribution in [-0.4, -0.2) is 16.9 Å². The summed E-state index contributed by atoms with van der Waals surface area (Å²) >= 11 is 0. The average Bonchev–Trinajstić information content (AvgIpc) is 2.52. The van der Waals surface area contributed by atoms with Crippen LogP contribution in [0.2, 0.25) is 0 Å². The first kappa shape index (κ1) is 15.2. The van der Waals surface area contributed by atoms with E-state index in [0.29, 0.717) is 17.9 Å². The highest BCUT2D eigenvalue weighted by Gasteiger charge is 2.53. The lowest BCUT2D eigenvalue weighted by Gasteiger charge is -2.59. The maximum absolute atomic E-state index is 12.4. The van der Waals surface area contributed by atoms with Gasteiger partial charge in [-0.05, 0) is 86.7 Å². The highest BCUT2D eigenvalue weighted by molar-refractivity contribution is 5.76. The standard InChI is InChI=1S/C20H28N2O/c1-14(22-19(23)5-4-15-3-2-6-21-13-15)20-10-16-7-17(11-20)9-18(8-16)12-20/h2-3,6,13-14,16-18H,4-5,7-12H2,1H3,(H,22,23)/t14-,16?,17?,18?,20?/m1/s1. The van der Waals surface area contributed by atoms with E-state index in [1.54, 1.807) is 6.20 Å². The van der Waals surface area contributed by atoms with Crippen molar-refractivity contribution >= 4 is 5.91 Å². The zero-order valence-electron chi connectivity index (χ0n) is 14.1. The third-order valence-electron chi connectivity index (χ3n) is 6.75. The first-order valence-electron chi connectivity index (χ1n) is 9.31. The molecule has 0 radical (unpaired) electrons. The summed E-state index contributed by atoms with van der Waals surface area (Å²) in [5, 5.41) is 3.35. The van der Waals surface area contributed by atoms with E-state index in [4.69, 9.17) is 0 Å². The van der Waals surface area contributed by atoms with Crippen molar-refractivity contribution in [3.8, 4) is 0 Å². The van der Waals surface area contributed by atoms with Crippen LogP contribution in [0.4, 0.5) is 0 Å². The predicted octanol–water partition coefficient (Wildman–Crippen LogP) is 3.74. The Balaban J connectivity index is 1.34. The van der Waals surface area contributed by atoms with Gasteiger partial charge in [0.15, 0.2) is 0 Å². The van der Waals surface area contributed by atoms with Crippen LogP contribution in [0.5, 0.6) is 0 Å². The Hall–Kier alpha value is -1.38. The molecule has 1 heterocycles. The highest BCUT2D eigenvalue weighted by Crippen LogP contribution is 2.61. The zero-order valence-corrected chi connectivity index (χ0v) is 14.1. The number of nitrogens with zero attached hydrogens (tertiary/aromatic N) is 1. The highest BCUT2D eigenvalue weighted by atomic mass is 16.1. The molecule has 3 heteroatoms. The van der Waals surface area contributed by atoms with Crippen LogP contribution in [0.25, 0.3) is 0 Å². The van der Waals surface area contributed by atoms with Gasteiger partial charge in [-0.3, -0.25) is 9.78 Å². The Bertz CT molecular complexity index is 533. The number of nitrogens with one attached hydrogen (secondary N) is 1. The van der Waals surface area contributed by atoms with Gasteiger partial charge in [-0.1, -0.05) is 6.07 Å². The van der Waals surface area contributed by atoms with Gasteiger partial charge in [0.1, 0.15) is 0 Å². The van der Waals surface area contributed by atoms with Crippen LogP contribution in [-0.2, 0) is 11.2 Å². The van der Waals surface area contributed by atoms with Crippen molar-refractivity contribution in [3.05, 3.63) is 30.1 Å². The molecule has 23 heavy (non-hydrogen) atoms. The molecule has 4 bridgehead atoms. The molecule has 4 aliphatic rings. The number of hydrogen-bond acceptors (Lipinski definition) is 2. The number of pyridine rings is 1. The molecule has 124 valence electrons. The van der Waals surface area contributed by atoms with Gasteiger partial charge in [0, 0.05) is 24.9 Å². The van der Waals surface area contributed by atoms with Crippen molar-refractivity contribution < 1.29 is 4.79 Å². The van der Waals surface area contributed by atoms with Crippen molar-refractivity contribution in [1.82, 2.24) is 10.3 Å². The Kier molecular flexibility index (Phi) is 3.90. The van der Waals surface area contributed by atoms with Crippen LogP contribution in [0.15, 0.2) is 24.5 Å². The molecule has 4 saturated carbocycles. The lowest BCUT2D eigenvalue weighted by molar-refractivity contribution is -0.125. The first-order valence-corrected chi connectivity index (χ1v) is 9.31. The third kappa shape index (κ3) is 3.02. The molecule has 1 amide bonds. The normalized spacial score (nSPS) is 36.0. The van der Waals surface area contributed by atoms with Crippen LogP contribution < -0.4 is 5.32 Å². The van der Waals surface area contributed by atoms with Crippen molar-refractivity contribution in [2.24, 2.45) is 23.2 Å². The number of carbonyl (C=O) groups excluding carboxylic acids is 1. The van der Waals surface area contributed by atoms with Crippen molar-refractivity contribution in [1.29, 1.82) is 0 Å². The average molecular weight is 312 g/mol. The molecule has 1 N–H and O–H groups in total. The van der Waals surface area contributed by atoms with Gasteiger partial charge in [0.25, 0.3) is 0 Å². The quantitative estimate of drug-likeness (QED) is 0.900. The summed E-state index contributed by atoms with van der Waals surface area (Å²) in [4.78, 5) is 16.5. The molecule has 1 aromatic heterocycles. The monoisotopic (exact) mass is 312 g/mol. The molecule has 0 spiro atoms. The lowest BCUT2D eigenvalue weighted by Crippen LogP contribution is -2.55. The fourth-order valence-electron chi connectivity index (χ4n) is 5.98. The van der Waals surface area contributed by atoms with E-state index in [2.05, 4.69) is 17.2 Å². The van der Waals surface area contributed by atoms with Crippen LogP contribution in [0, 0.1) is 23.2 Å². The smallest absolute Gasteiger partial charge is 0.220 e. The van der Waals surface area contributed by atoms with Gasteiger partial charge in [0.05, 0.1) is 0 Å². The topological polar surface area (TPSA) is 42.0 Å². The second kappa shape index (κ2) is 5.92. The fraction of sp³-hybridized carbons (Fsp3) is 0.700. The van der Waals surface area contributed by atoms with Crippen molar-refractivity contribution in [3.63, 3.8) is 0 Å². The van der Waals surface area contributed by atoms with Crippen LogP contribution in [0.3, 0.4) is 0 Å². The number of aryl methyl sites for hydroxylation is 1. The molecule has 4 aliphatic carbocycles. The summed E-state index contributed by atoms with van der Waals surface area (Å²) in [5.74, 6) is 3.03. The molecular formula is C20H28N2O. The minimum absolute atomic E-state index is 0.206. The number of hydrogen-bond donors (Lipinski definition) is 1. The maximum Gasteiger partial charge on any atom is 0.220 e. The summed E-state index contributed by atoms with van der Waals surface area (Å²) < 4.78 is 0. The number of amides is 1. The molecule has 1 aromatic rings. The molecule has 0 unspecified atom stereocenters. The summed E-state index contributed by atoms with van der Waals surface area (Å²) in [7, 11) is 0. The van der Waals surface area contributed by atoms with Gasteiger partial charge in [-0.25, -0.2) is 0 Å². The molecule has 4 fully saturated rings. The van der Waals surface area contributed by atoms with E-state index in [1.165, 1.54) is 38.5 Å². The van der Waals surface area contributed by atoms with E-state index in [0.717, 1.165) is 29.7 Å². The van der Waals surface area contributed by atoms with Gasteiger partial charge >= 0.3 is 0 Å². The molecule has 0 saturated heterocycles. The summed E-state index contributed by atoms with van der Waals surface area (Å²) in [6, 6.07) is 4.31. The Morgan fingerprint density at radius 3 is 2.48 bits per heavy atom. The van der Waals surface area contributed by atoms with Gasteiger partial charge in [-0.15, -0.1) is 0 Å². The first-order chi connectivity index (χ1) is 11.1. The largest absolute Gasteiger partial charge is 0.353 e. The van der Waals surface area contributed by atoms with Crippen molar-refractivity contribution in [2.45, 2.75) is 64.3 Å². The predicted molar refractivity (Wildman–Crippen MR) is 90.8 cm³/mol. The van der Waals surface area contributed by atoms with Gasteiger partial charge in [0.2, 0.25) is 5.91 Å². The Morgan fingerprint density at radius 1 is 1.26 bits per heavy atom. The molecule has 0 aromatic carbocycles.